The molecule has 2 aromatic rings. The van der Waals surface area contributed by atoms with Crippen LogP contribution in [0.2, 0.25) is 0 Å². The zero-order valence-corrected chi connectivity index (χ0v) is 14.8. The Bertz CT molecular complexity index is 776. The van der Waals surface area contributed by atoms with Gasteiger partial charge in [0.1, 0.15) is 5.75 Å². The van der Waals surface area contributed by atoms with Crippen LogP contribution in [0.15, 0.2) is 42.5 Å². The Kier molecular flexibility index (Phi) is 6.84. The lowest BCUT2D eigenvalue weighted by Gasteiger charge is -2.12. The lowest BCUT2D eigenvalue weighted by atomic mass is 10.1. The number of carbonyl (C=O) groups is 2. The van der Waals surface area contributed by atoms with Gasteiger partial charge in [-0.1, -0.05) is 18.2 Å². The van der Waals surface area contributed by atoms with Crippen LogP contribution in [-0.2, 0) is 11.2 Å². The number of rotatable bonds is 9. The number of benzene rings is 2. The van der Waals surface area contributed by atoms with E-state index >= 15 is 0 Å². The van der Waals surface area contributed by atoms with Crippen molar-refractivity contribution in [3.8, 4) is 17.2 Å². The molecule has 0 saturated carbocycles. The van der Waals surface area contributed by atoms with E-state index in [4.69, 9.17) is 19.9 Å². The maximum absolute atomic E-state index is 12.3. The molecular formula is C19H22N2O5. The fourth-order valence-electron chi connectivity index (χ4n) is 2.40. The molecule has 0 aromatic heterocycles. The molecule has 7 heteroatoms. The van der Waals surface area contributed by atoms with Crippen molar-refractivity contribution < 1.29 is 23.8 Å². The van der Waals surface area contributed by atoms with Crippen molar-refractivity contribution in [2.75, 3.05) is 27.4 Å². The van der Waals surface area contributed by atoms with E-state index in [1.54, 1.807) is 25.3 Å². The molecule has 0 spiro atoms. The van der Waals surface area contributed by atoms with E-state index in [0.29, 0.717) is 30.0 Å². The van der Waals surface area contributed by atoms with Crippen LogP contribution in [0.25, 0.3) is 0 Å². The number of amides is 2. The molecule has 0 radical (unpaired) electrons. The molecule has 0 bridgehead atoms. The summed E-state index contributed by atoms with van der Waals surface area (Å²) in [6.45, 7) is 0.197. The van der Waals surface area contributed by atoms with Crippen molar-refractivity contribution in [1.29, 1.82) is 0 Å². The molecule has 0 aliphatic rings. The van der Waals surface area contributed by atoms with E-state index in [1.165, 1.54) is 7.11 Å². The fraction of sp³-hybridized carbons (Fsp3) is 0.263. The standard InChI is InChI=1S/C19H22N2O5/c1-24-15-6-4-3-5-13(15)9-10-21-19(23)14-7-8-16(17(11-14)25-2)26-12-18(20)22/h3-8,11H,9-10,12H2,1-2H3,(H2,20,22)(H,21,23). The van der Waals surface area contributed by atoms with Gasteiger partial charge in [0.2, 0.25) is 0 Å². The van der Waals surface area contributed by atoms with Gasteiger partial charge >= 0.3 is 0 Å². The predicted octanol–water partition coefficient (Wildman–Crippen LogP) is 1.54. The lowest BCUT2D eigenvalue weighted by Crippen LogP contribution is -2.26. The van der Waals surface area contributed by atoms with Crippen molar-refractivity contribution in [1.82, 2.24) is 5.32 Å². The molecule has 0 aliphatic carbocycles. The summed E-state index contributed by atoms with van der Waals surface area (Å²) in [4.78, 5) is 23.1. The Labute approximate surface area is 152 Å². The topological polar surface area (TPSA) is 99.9 Å². The number of primary amides is 1. The average Bonchev–Trinajstić information content (AvgIpc) is 2.66. The third-order valence-electron chi connectivity index (χ3n) is 3.67. The average molecular weight is 358 g/mol. The van der Waals surface area contributed by atoms with Crippen LogP contribution in [0, 0.1) is 0 Å². The summed E-state index contributed by atoms with van der Waals surface area (Å²) < 4.78 is 15.7. The zero-order valence-electron chi connectivity index (χ0n) is 14.8. The first-order valence-corrected chi connectivity index (χ1v) is 8.04. The third kappa shape index (κ3) is 5.14. The Balaban J connectivity index is 1.97. The summed E-state index contributed by atoms with van der Waals surface area (Å²) in [7, 11) is 3.07. The molecule has 0 aliphatic heterocycles. The van der Waals surface area contributed by atoms with Gasteiger partial charge in [0.05, 0.1) is 14.2 Å². The second kappa shape index (κ2) is 9.31. The SMILES string of the molecule is COc1ccccc1CCNC(=O)c1ccc(OCC(N)=O)c(OC)c1. The Hall–Kier alpha value is -3.22. The summed E-state index contributed by atoms with van der Waals surface area (Å²) in [5.74, 6) is 0.657. The molecule has 7 nitrogen and oxygen atoms in total. The van der Waals surface area contributed by atoms with Gasteiger partial charge in [-0.3, -0.25) is 9.59 Å². The molecule has 0 atom stereocenters. The third-order valence-corrected chi connectivity index (χ3v) is 3.67. The Morgan fingerprint density at radius 1 is 1.00 bits per heavy atom. The van der Waals surface area contributed by atoms with Crippen molar-refractivity contribution in [2.45, 2.75) is 6.42 Å². The van der Waals surface area contributed by atoms with Crippen LogP contribution in [-0.4, -0.2) is 39.2 Å². The molecule has 2 aromatic carbocycles. The van der Waals surface area contributed by atoms with Gasteiger partial charge in [-0.2, -0.15) is 0 Å². The summed E-state index contributed by atoms with van der Waals surface area (Å²) >= 11 is 0. The van der Waals surface area contributed by atoms with Crippen LogP contribution < -0.4 is 25.3 Å². The van der Waals surface area contributed by atoms with E-state index in [9.17, 15) is 9.59 Å². The van der Waals surface area contributed by atoms with E-state index in [2.05, 4.69) is 5.32 Å². The summed E-state index contributed by atoms with van der Waals surface area (Å²) in [6.07, 6.45) is 0.646. The maximum atomic E-state index is 12.3. The zero-order chi connectivity index (χ0) is 18.9. The summed E-state index contributed by atoms with van der Waals surface area (Å²) in [5.41, 5.74) is 6.50. The van der Waals surface area contributed by atoms with Gasteiger partial charge in [0.25, 0.3) is 11.8 Å². The molecule has 0 heterocycles. The minimum absolute atomic E-state index is 0.236. The fourth-order valence-corrected chi connectivity index (χ4v) is 2.40. The second-order valence-corrected chi connectivity index (χ2v) is 5.44. The Morgan fingerprint density at radius 2 is 1.73 bits per heavy atom. The maximum Gasteiger partial charge on any atom is 0.255 e. The molecule has 0 unspecified atom stereocenters. The van der Waals surface area contributed by atoms with Gasteiger partial charge in [-0.15, -0.1) is 0 Å². The van der Waals surface area contributed by atoms with Crippen molar-refractivity contribution in [3.05, 3.63) is 53.6 Å². The largest absolute Gasteiger partial charge is 0.496 e. The number of nitrogens with two attached hydrogens (primary N) is 1. The highest BCUT2D eigenvalue weighted by molar-refractivity contribution is 5.94. The molecule has 0 saturated heterocycles. The number of hydrogen-bond acceptors (Lipinski definition) is 5. The number of ether oxygens (including phenoxy) is 3. The first-order valence-electron chi connectivity index (χ1n) is 8.04. The Morgan fingerprint density at radius 3 is 2.42 bits per heavy atom. The van der Waals surface area contributed by atoms with Gasteiger partial charge < -0.3 is 25.3 Å². The highest BCUT2D eigenvalue weighted by Gasteiger charge is 2.12. The normalized spacial score (nSPS) is 10.1. The van der Waals surface area contributed by atoms with Crippen molar-refractivity contribution in [2.24, 2.45) is 5.73 Å². The molecular weight excluding hydrogens is 336 g/mol. The highest BCUT2D eigenvalue weighted by Crippen LogP contribution is 2.28. The molecule has 138 valence electrons. The number of carbonyl (C=O) groups excluding carboxylic acids is 2. The smallest absolute Gasteiger partial charge is 0.255 e. The van der Waals surface area contributed by atoms with Crippen LogP contribution in [0.5, 0.6) is 17.2 Å². The highest BCUT2D eigenvalue weighted by atomic mass is 16.5. The van der Waals surface area contributed by atoms with Gasteiger partial charge in [0, 0.05) is 12.1 Å². The second-order valence-electron chi connectivity index (χ2n) is 5.44. The molecule has 0 fully saturated rings. The van der Waals surface area contributed by atoms with Crippen LogP contribution in [0.1, 0.15) is 15.9 Å². The van der Waals surface area contributed by atoms with Crippen molar-refractivity contribution >= 4 is 11.8 Å². The molecule has 26 heavy (non-hydrogen) atoms. The first kappa shape index (κ1) is 19.1. The van der Waals surface area contributed by atoms with Crippen molar-refractivity contribution in [3.63, 3.8) is 0 Å². The van der Waals surface area contributed by atoms with E-state index in [-0.39, 0.29) is 12.5 Å². The summed E-state index contributed by atoms with van der Waals surface area (Å²) in [5, 5.41) is 2.85. The lowest BCUT2D eigenvalue weighted by molar-refractivity contribution is -0.119. The predicted molar refractivity (Wildman–Crippen MR) is 96.7 cm³/mol. The van der Waals surface area contributed by atoms with Crippen LogP contribution in [0.3, 0.4) is 0 Å². The van der Waals surface area contributed by atoms with Gasteiger partial charge in [0.15, 0.2) is 18.1 Å². The van der Waals surface area contributed by atoms with Crippen LogP contribution >= 0.6 is 0 Å². The summed E-state index contributed by atoms with van der Waals surface area (Å²) in [6, 6.07) is 12.4. The number of hydrogen-bond donors (Lipinski definition) is 2. The minimum Gasteiger partial charge on any atom is -0.496 e. The number of methoxy groups -OCH3 is 2. The van der Waals surface area contributed by atoms with E-state index < -0.39 is 5.91 Å². The number of nitrogens with one attached hydrogen (secondary N) is 1. The monoisotopic (exact) mass is 358 g/mol. The first-order chi connectivity index (χ1) is 12.5. The molecule has 2 rings (SSSR count). The van der Waals surface area contributed by atoms with Gasteiger partial charge in [-0.25, -0.2) is 0 Å². The molecule has 2 amide bonds. The minimum atomic E-state index is -0.592. The van der Waals surface area contributed by atoms with Gasteiger partial charge in [-0.05, 0) is 36.2 Å². The van der Waals surface area contributed by atoms with E-state index in [1.807, 2.05) is 24.3 Å². The number of para-hydroxylation sites is 1. The quantitative estimate of drug-likeness (QED) is 0.708. The molecule has 3 N–H and O–H groups in total. The van der Waals surface area contributed by atoms with Crippen LogP contribution in [0.4, 0.5) is 0 Å². The van der Waals surface area contributed by atoms with E-state index in [0.717, 1.165) is 11.3 Å².